The third-order valence-corrected chi connectivity index (χ3v) is 1.80. The van der Waals surface area contributed by atoms with Crippen molar-refractivity contribution in [2.45, 2.75) is 0 Å². The Bertz CT molecular complexity index is 340. The summed E-state index contributed by atoms with van der Waals surface area (Å²) in [5.74, 6) is 0.573. The lowest BCUT2D eigenvalue weighted by molar-refractivity contribution is 0.373. The van der Waals surface area contributed by atoms with Crippen LogP contribution in [0.2, 0.25) is 0 Å². The van der Waals surface area contributed by atoms with Crippen molar-refractivity contribution in [3.05, 3.63) is 43.0 Å². The first-order chi connectivity index (χ1) is 6.19. The summed E-state index contributed by atoms with van der Waals surface area (Å²) < 4.78 is 4.95. The lowest BCUT2D eigenvalue weighted by Gasteiger charge is -2.05. The number of allylic oxidation sites excluding steroid dienone is 2. The van der Waals surface area contributed by atoms with Gasteiger partial charge in [0.25, 0.3) is 0 Å². The van der Waals surface area contributed by atoms with E-state index in [0.29, 0.717) is 5.75 Å². The molecule has 0 bridgehead atoms. The Labute approximate surface area is 77.8 Å². The average Bonchev–Trinajstić information content (AvgIpc) is 2.17. The van der Waals surface area contributed by atoms with E-state index >= 15 is 0 Å². The highest BCUT2D eigenvalue weighted by Crippen LogP contribution is 2.28. The summed E-state index contributed by atoms with van der Waals surface area (Å²) in [5.41, 5.74) is 1.70. The topological polar surface area (TPSA) is 29.5 Å². The Kier molecular flexibility index (Phi) is 2.75. The molecule has 0 heterocycles. The molecule has 0 aliphatic rings. The molecule has 0 radical (unpaired) electrons. The number of aromatic hydroxyl groups is 1. The van der Waals surface area contributed by atoms with Crippen LogP contribution < -0.4 is 4.74 Å². The zero-order chi connectivity index (χ0) is 9.84. The van der Waals surface area contributed by atoms with Crippen LogP contribution in [0.1, 0.15) is 5.56 Å². The average molecular weight is 176 g/mol. The van der Waals surface area contributed by atoms with Crippen molar-refractivity contribution in [2.75, 3.05) is 7.11 Å². The van der Waals surface area contributed by atoms with E-state index in [1.165, 1.54) is 7.11 Å². The van der Waals surface area contributed by atoms with Crippen molar-refractivity contribution in [1.29, 1.82) is 0 Å². The van der Waals surface area contributed by atoms with Crippen LogP contribution in [0.15, 0.2) is 37.4 Å². The highest BCUT2D eigenvalue weighted by Gasteiger charge is 2.02. The fourth-order valence-electron chi connectivity index (χ4n) is 0.995. The van der Waals surface area contributed by atoms with Crippen LogP contribution in [-0.4, -0.2) is 12.2 Å². The molecule has 0 aliphatic heterocycles. The van der Waals surface area contributed by atoms with Crippen molar-refractivity contribution in [3.63, 3.8) is 0 Å². The second-order valence-electron chi connectivity index (χ2n) is 2.62. The molecule has 0 aliphatic carbocycles. The van der Waals surface area contributed by atoms with Crippen LogP contribution in [0.3, 0.4) is 0 Å². The fraction of sp³-hybridized carbons (Fsp3) is 0.0909. The minimum atomic E-state index is 0.128. The molecule has 0 aromatic heterocycles. The van der Waals surface area contributed by atoms with Crippen LogP contribution >= 0.6 is 0 Å². The van der Waals surface area contributed by atoms with Gasteiger partial charge >= 0.3 is 0 Å². The molecule has 0 atom stereocenters. The van der Waals surface area contributed by atoms with Crippen molar-refractivity contribution < 1.29 is 9.84 Å². The minimum Gasteiger partial charge on any atom is -0.504 e. The van der Waals surface area contributed by atoms with E-state index in [1.807, 2.05) is 0 Å². The van der Waals surface area contributed by atoms with Gasteiger partial charge in [0, 0.05) is 0 Å². The van der Waals surface area contributed by atoms with Gasteiger partial charge < -0.3 is 9.84 Å². The van der Waals surface area contributed by atoms with E-state index in [-0.39, 0.29) is 5.75 Å². The number of ether oxygens (including phenoxy) is 1. The number of phenols is 1. The molecule has 0 spiro atoms. The van der Waals surface area contributed by atoms with E-state index in [9.17, 15) is 5.11 Å². The van der Waals surface area contributed by atoms with Crippen molar-refractivity contribution >= 4 is 5.57 Å². The Morgan fingerprint density at radius 1 is 1.54 bits per heavy atom. The maximum Gasteiger partial charge on any atom is 0.161 e. The molecule has 2 heteroatoms. The molecule has 1 rings (SSSR count). The SMILES string of the molecule is C=CC(=C)c1ccc(O)c(OC)c1. The van der Waals surface area contributed by atoms with Gasteiger partial charge in [-0.05, 0) is 23.3 Å². The van der Waals surface area contributed by atoms with Gasteiger partial charge in [0.1, 0.15) is 0 Å². The normalized spacial score (nSPS) is 9.31. The zero-order valence-corrected chi connectivity index (χ0v) is 7.58. The van der Waals surface area contributed by atoms with Crippen LogP contribution in [0.5, 0.6) is 11.5 Å². The first kappa shape index (κ1) is 9.39. The summed E-state index contributed by atoms with van der Waals surface area (Å²) in [4.78, 5) is 0. The molecule has 68 valence electrons. The van der Waals surface area contributed by atoms with Crippen molar-refractivity contribution in [1.82, 2.24) is 0 Å². The molecule has 2 nitrogen and oxygen atoms in total. The van der Waals surface area contributed by atoms with Crippen LogP contribution in [0.4, 0.5) is 0 Å². The van der Waals surface area contributed by atoms with Crippen LogP contribution in [0.25, 0.3) is 5.57 Å². The first-order valence-electron chi connectivity index (χ1n) is 3.87. The smallest absolute Gasteiger partial charge is 0.161 e. The van der Waals surface area contributed by atoms with Gasteiger partial charge in [-0.2, -0.15) is 0 Å². The van der Waals surface area contributed by atoms with E-state index in [4.69, 9.17) is 4.74 Å². The molecular formula is C11H12O2. The van der Waals surface area contributed by atoms with Gasteiger partial charge in [-0.1, -0.05) is 25.3 Å². The lowest BCUT2D eigenvalue weighted by atomic mass is 10.1. The van der Waals surface area contributed by atoms with Gasteiger partial charge in [0.2, 0.25) is 0 Å². The van der Waals surface area contributed by atoms with Crippen molar-refractivity contribution in [3.8, 4) is 11.5 Å². The highest BCUT2D eigenvalue weighted by atomic mass is 16.5. The van der Waals surface area contributed by atoms with Gasteiger partial charge in [-0.3, -0.25) is 0 Å². The molecule has 0 unspecified atom stereocenters. The van der Waals surface area contributed by atoms with E-state index in [1.54, 1.807) is 24.3 Å². The van der Waals surface area contributed by atoms with Crippen molar-refractivity contribution in [2.24, 2.45) is 0 Å². The summed E-state index contributed by atoms with van der Waals surface area (Å²) in [6, 6.07) is 5.06. The summed E-state index contributed by atoms with van der Waals surface area (Å²) in [7, 11) is 1.51. The predicted octanol–water partition coefficient (Wildman–Crippen LogP) is 2.60. The second kappa shape index (κ2) is 3.81. The van der Waals surface area contributed by atoms with Gasteiger partial charge in [-0.25, -0.2) is 0 Å². The van der Waals surface area contributed by atoms with E-state index < -0.39 is 0 Å². The quantitative estimate of drug-likeness (QED) is 0.717. The molecule has 0 saturated heterocycles. The fourth-order valence-corrected chi connectivity index (χ4v) is 0.995. The number of methoxy groups -OCH3 is 1. The van der Waals surface area contributed by atoms with E-state index in [0.717, 1.165) is 11.1 Å². The van der Waals surface area contributed by atoms with Gasteiger partial charge in [0.05, 0.1) is 7.11 Å². The van der Waals surface area contributed by atoms with Gasteiger partial charge in [0.15, 0.2) is 11.5 Å². The third kappa shape index (κ3) is 1.90. The Morgan fingerprint density at radius 2 is 2.23 bits per heavy atom. The monoisotopic (exact) mass is 176 g/mol. The summed E-state index contributed by atoms with van der Waals surface area (Å²) in [6.07, 6.45) is 1.66. The maximum absolute atomic E-state index is 9.31. The summed E-state index contributed by atoms with van der Waals surface area (Å²) >= 11 is 0. The molecular weight excluding hydrogens is 164 g/mol. The van der Waals surface area contributed by atoms with Crippen LogP contribution in [0, 0.1) is 0 Å². The highest BCUT2D eigenvalue weighted by molar-refractivity contribution is 5.73. The number of benzene rings is 1. The number of hydrogen-bond donors (Lipinski definition) is 1. The lowest BCUT2D eigenvalue weighted by Crippen LogP contribution is -1.86. The van der Waals surface area contributed by atoms with E-state index in [2.05, 4.69) is 13.2 Å². The molecule has 0 saturated carbocycles. The zero-order valence-electron chi connectivity index (χ0n) is 7.58. The molecule has 1 aromatic carbocycles. The Hall–Kier alpha value is -1.70. The molecule has 1 N–H and O–H groups in total. The van der Waals surface area contributed by atoms with Gasteiger partial charge in [-0.15, -0.1) is 0 Å². The Balaban J connectivity index is 3.13. The number of rotatable bonds is 3. The molecule has 0 fully saturated rings. The number of phenolic OH excluding ortho intramolecular Hbond substituents is 1. The predicted molar refractivity (Wildman–Crippen MR) is 53.9 cm³/mol. The molecule has 1 aromatic rings. The Morgan fingerprint density at radius 3 is 2.77 bits per heavy atom. The minimum absolute atomic E-state index is 0.128. The third-order valence-electron chi connectivity index (χ3n) is 1.80. The summed E-state index contributed by atoms with van der Waals surface area (Å²) in [6.45, 7) is 7.41. The second-order valence-corrected chi connectivity index (χ2v) is 2.62. The summed E-state index contributed by atoms with van der Waals surface area (Å²) in [5, 5.41) is 9.31. The first-order valence-corrected chi connectivity index (χ1v) is 3.87. The molecule has 13 heavy (non-hydrogen) atoms. The number of hydrogen-bond acceptors (Lipinski definition) is 2. The maximum atomic E-state index is 9.31. The molecule has 0 amide bonds. The largest absolute Gasteiger partial charge is 0.504 e. The standard InChI is InChI=1S/C11H12O2/c1-4-8(2)9-5-6-10(12)11(7-9)13-3/h4-7,12H,1-2H2,3H3. The van der Waals surface area contributed by atoms with Crippen LogP contribution in [-0.2, 0) is 0 Å².